The molecule has 92 valence electrons. The Morgan fingerprint density at radius 1 is 1.29 bits per heavy atom. The maximum absolute atomic E-state index is 6.16. The van der Waals surface area contributed by atoms with Gasteiger partial charge >= 0.3 is 0 Å². The van der Waals surface area contributed by atoms with E-state index in [1.54, 1.807) is 0 Å². The van der Waals surface area contributed by atoms with Crippen LogP contribution in [0.1, 0.15) is 18.4 Å². The summed E-state index contributed by atoms with van der Waals surface area (Å²) in [5.41, 5.74) is 2.63. The Hall–Kier alpha value is -1.22. The van der Waals surface area contributed by atoms with Crippen LogP contribution in [0, 0.1) is 0 Å². The summed E-state index contributed by atoms with van der Waals surface area (Å²) >= 11 is 0. The van der Waals surface area contributed by atoms with E-state index in [0.29, 0.717) is 6.10 Å². The highest BCUT2D eigenvalue weighted by Crippen LogP contribution is 2.34. The molecule has 2 aliphatic rings. The third kappa shape index (κ3) is 2.25. The fourth-order valence-corrected chi connectivity index (χ4v) is 2.69. The van der Waals surface area contributed by atoms with Crippen molar-refractivity contribution in [1.29, 1.82) is 0 Å². The van der Waals surface area contributed by atoms with Crippen molar-refractivity contribution in [3.8, 4) is 5.75 Å². The molecule has 0 spiro atoms. The van der Waals surface area contributed by atoms with Gasteiger partial charge in [0.2, 0.25) is 0 Å². The molecule has 3 nitrogen and oxygen atoms in total. The third-order valence-electron chi connectivity index (χ3n) is 3.77. The zero-order valence-electron chi connectivity index (χ0n) is 10.4. The van der Waals surface area contributed by atoms with E-state index >= 15 is 0 Å². The van der Waals surface area contributed by atoms with E-state index < -0.39 is 0 Å². The Bertz CT molecular complexity index is 397. The average Bonchev–Trinajstić information content (AvgIpc) is 2.81. The smallest absolute Gasteiger partial charge is 0.143 e. The molecule has 3 rings (SSSR count). The summed E-state index contributed by atoms with van der Waals surface area (Å²) in [4.78, 5) is 2.37. The Morgan fingerprint density at radius 3 is 2.94 bits per heavy atom. The van der Waals surface area contributed by atoms with Crippen molar-refractivity contribution in [1.82, 2.24) is 4.90 Å². The first-order valence-corrected chi connectivity index (χ1v) is 6.54. The molecule has 1 fully saturated rings. The number of piperidine rings is 1. The summed E-state index contributed by atoms with van der Waals surface area (Å²) in [6.07, 6.45) is 3.79. The minimum Gasteiger partial charge on any atom is -0.488 e. The molecular formula is C14H20N2O. The van der Waals surface area contributed by atoms with Gasteiger partial charge in [0.25, 0.3) is 0 Å². The fraction of sp³-hybridized carbons (Fsp3) is 0.571. The molecule has 0 saturated carbocycles. The molecule has 2 aliphatic heterocycles. The van der Waals surface area contributed by atoms with Crippen molar-refractivity contribution < 1.29 is 4.74 Å². The normalized spacial score (nSPS) is 21.0. The summed E-state index contributed by atoms with van der Waals surface area (Å²) in [6.45, 7) is 3.34. The average molecular weight is 232 g/mol. The quantitative estimate of drug-likeness (QED) is 0.845. The Labute approximate surface area is 103 Å². The maximum atomic E-state index is 6.16. The van der Waals surface area contributed by atoms with Crippen LogP contribution in [0.3, 0.4) is 0 Å². The predicted molar refractivity (Wildman–Crippen MR) is 69.8 cm³/mol. The lowest BCUT2D eigenvalue weighted by molar-refractivity contribution is 0.115. The largest absolute Gasteiger partial charge is 0.488 e. The number of hydrogen-bond donors (Lipinski definition) is 1. The Morgan fingerprint density at radius 2 is 2.12 bits per heavy atom. The van der Waals surface area contributed by atoms with E-state index in [4.69, 9.17) is 4.74 Å². The van der Waals surface area contributed by atoms with Gasteiger partial charge in [0.15, 0.2) is 0 Å². The van der Waals surface area contributed by atoms with E-state index in [9.17, 15) is 0 Å². The van der Waals surface area contributed by atoms with Crippen LogP contribution in [0.2, 0.25) is 0 Å². The summed E-state index contributed by atoms with van der Waals surface area (Å²) in [6, 6.07) is 6.39. The summed E-state index contributed by atoms with van der Waals surface area (Å²) in [7, 11) is 2.18. The molecule has 0 aromatic heterocycles. The second-order valence-electron chi connectivity index (χ2n) is 5.09. The first kappa shape index (κ1) is 10.9. The highest BCUT2D eigenvalue weighted by Gasteiger charge is 2.21. The standard InChI is InChI=1S/C14H20N2O/c1-16-9-6-12(7-10-16)17-13-4-2-3-11-5-8-15-14(11)13/h2-4,12,15H,5-10H2,1H3. The molecule has 0 radical (unpaired) electrons. The van der Waals surface area contributed by atoms with Crippen LogP contribution in [0.5, 0.6) is 5.75 Å². The molecule has 17 heavy (non-hydrogen) atoms. The van der Waals surface area contributed by atoms with Crippen LogP contribution < -0.4 is 10.1 Å². The Balaban J connectivity index is 1.71. The summed E-state index contributed by atoms with van der Waals surface area (Å²) in [5, 5.41) is 3.43. The zero-order valence-corrected chi connectivity index (χ0v) is 10.4. The minimum atomic E-state index is 0.389. The van der Waals surface area contributed by atoms with Gasteiger partial charge in [0, 0.05) is 19.6 Å². The van der Waals surface area contributed by atoms with E-state index in [1.807, 2.05) is 0 Å². The molecule has 0 amide bonds. The minimum absolute atomic E-state index is 0.389. The highest BCUT2D eigenvalue weighted by molar-refractivity contribution is 5.65. The predicted octanol–water partition coefficient (Wildman–Crippen LogP) is 2.13. The molecule has 3 heteroatoms. The number of nitrogens with zero attached hydrogens (tertiary/aromatic N) is 1. The highest BCUT2D eigenvalue weighted by atomic mass is 16.5. The number of anilines is 1. The van der Waals surface area contributed by atoms with Gasteiger partial charge in [-0.3, -0.25) is 0 Å². The number of hydrogen-bond acceptors (Lipinski definition) is 3. The van der Waals surface area contributed by atoms with Crippen molar-refractivity contribution in [2.75, 3.05) is 32.0 Å². The summed E-state index contributed by atoms with van der Waals surface area (Å²) in [5.74, 6) is 1.05. The second-order valence-corrected chi connectivity index (χ2v) is 5.09. The Kier molecular flexibility index (Phi) is 2.93. The van der Waals surface area contributed by atoms with Gasteiger partial charge in [-0.2, -0.15) is 0 Å². The van der Waals surface area contributed by atoms with Gasteiger partial charge in [-0.05, 0) is 37.9 Å². The SMILES string of the molecule is CN1CCC(Oc2cccc3c2NCC3)CC1. The van der Waals surface area contributed by atoms with Crippen molar-refractivity contribution in [2.45, 2.75) is 25.4 Å². The number of fused-ring (bicyclic) bond motifs is 1. The molecule has 2 heterocycles. The van der Waals surface area contributed by atoms with Crippen molar-refractivity contribution in [3.05, 3.63) is 23.8 Å². The number of benzene rings is 1. The van der Waals surface area contributed by atoms with E-state index in [1.165, 1.54) is 11.3 Å². The topological polar surface area (TPSA) is 24.5 Å². The molecule has 1 aromatic rings. The maximum Gasteiger partial charge on any atom is 0.143 e. The number of likely N-dealkylation sites (tertiary alicyclic amines) is 1. The van der Waals surface area contributed by atoms with Crippen LogP contribution in [0.15, 0.2) is 18.2 Å². The number of nitrogens with one attached hydrogen (secondary N) is 1. The summed E-state index contributed by atoms with van der Waals surface area (Å²) < 4.78 is 6.16. The van der Waals surface area contributed by atoms with Gasteiger partial charge in [0.05, 0.1) is 5.69 Å². The van der Waals surface area contributed by atoms with Crippen LogP contribution in [-0.4, -0.2) is 37.7 Å². The van der Waals surface area contributed by atoms with Gasteiger partial charge in [-0.25, -0.2) is 0 Å². The van der Waals surface area contributed by atoms with Crippen LogP contribution >= 0.6 is 0 Å². The molecule has 0 aliphatic carbocycles. The molecular weight excluding hydrogens is 212 g/mol. The van der Waals surface area contributed by atoms with Crippen LogP contribution in [0.25, 0.3) is 0 Å². The zero-order chi connectivity index (χ0) is 11.7. The van der Waals surface area contributed by atoms with Crippen molar-refractivity contribution in [2.24, 2.45) is 0 Å². The number of para-hydroxylation sites is 1. The van der Waals surface area contributed by atoms with Crippen molar-refractivity contribution in [3.63, 3.8) is 0 Å². The van der Waals surface area contributed by atoms with E-state index in [0.717, 1.165) is 44.6 Å². The lowest BCUT2D eigenvalue weighted by Gasteiger charge is -2.29. The molecule has 1 saturated heterocycles. The van der Waals surface area contributed by atoms with Crippen molar-refractivity contribution >= 4 is 5.69 Å². The third-order valence-corrected chi connectivity index (χ3v) is 3.77. The van der Waals surface area contributed by atoms with Gasteiger partial charge in [0.1, 0.15) is 11.9 Å². The lowest BCUT2D eigenvalue weighted by atomic mass is 10.1. The van der Waals surface area contributed by atoms with Gasteiger partial charge in [-0.15, -0.1) is 0 Å². The molecule has 1 aromatic carbocycles. The lowest BCUT2D eigenvalue weighted by Crippen LogP contribution is -2.35. The molecule has 0 unspecified atom stereocenters. The second kappa shape index (κ2) is 4.57. The monoisotopic (exact) mass is 232 g/mol. The molecule has 1 N–H and O–H groups in total. The van der Waals surface area contributed by atoms with Crippen LogP contribution in [0.4, 0.5) is 5.69 Å². The molecule has 0 bridgehead atoms. The first-order chi connectivity index (χ1) is 8.33. The van der Waals surface area contributed by atoms with Gasteiger partial charge in [-0.1, -0.05) is 12.1 Å². The van der Waals surface area contributed by atoms with E-state index in [-0.39, 0.29) is 0 Å². The van der Waals surface area contributed by atoms with E-state index in [2.05, 4.69) is 35.5 Å². The molecule has 0 atom stereocenters. The number of ether oxygens (including phenoxy) is 1. The fourth-order valence-electron chi connectivity index (χ4n) is 2.69. The number of rotatable bonds is 2. The van der Waals surface area contributed by atoms with Crippen LogP contribution in [-0.2, 0) is 6.42 Å². The van der Waals surface area contributed by atoms with Gasteiger partial charge < -0.3 is 15.0 Å². The first-order valence-electron chi connectivity index (χ1n) is 6.54.